The highest BCUT2D eigenvalue weighted by Crippen LogP contribution is 1.74. The fraction of sp³-hybridized carbons (Fsp3) is 1.00. The van der Waals surface area contributed by atoms with E-state index in [0.717, 1.165) is 17.9 Å². The smallest absolute Gasteiger partial charge is 0.0675 e. The van der Waals surface area contributed by atoms with Crippen LogP contribution in [0.5, 0.6) is 0 Å². The Morgan fingerprint density at radius 2 is 0.207 bits per heavy atom. The average Bonchev–Trinajstić information content (AvgIpc) is 1.62. The minimum atomic E-state index is 0. The van der Waals surface area contributed by atoms with Crippen LogP contribution in [0, 0.1) is 0 Å². The van der Waals surface area contributed by atoms with Crippen LogP contribution in [-0.4, -0.2) is 180 Å². The first-order valence-corrected chi connectivity index (χ1v) is 7.16. The summed E-state index contributed by atoms with van der Waals surface area (Å²) in [6, 6.07) is 0. The molecule has 13 heteroatoms. The Kier molecular flexibility index (Phi) is 108. The van der Waals surface area contributed by atoms with Crippen molar-refractivity contribution in [3.8, 4) is 0 Å². The molecule has 0 unspecified atom stereocenters. The normalized spacial score (nSPS) is 8.28. The SMILES string of the molecule is C[N+](C)(C)C.C[N+](C)(C)C.C[N+](C)(C)C.C[N+](C)(C)C.O.O.O.O.O.[OH-].[OH-].[OH-].[OH-]. The molecular weight excluding hydrogens is 392 g/mol. The number of hydrogen-bond acceptors (Lipinski definition) is 4. The van der Waals surface area contributed by atoms with Gasteiger partial charge in [-0.3, -0.25) is 0 Å². The van der Waals surface area contributed by atoms with Crippen LogP contribution in [0.25, 0.3) is 0 Å². The molecule has 0 fully saturated rings. The van der Waals surface area contributed by atoms with E-state index in [1.54, 1.807) is 0 Å². The lowest BCUT2D eigenvalue weighted by Gasteiger charge is -2.14. The first kappa shape index (κ1) is 89.7. The van der Waals surface area contributed by atoms with Crippen LogP contribution in [0.2, 0.25) is 0 Å². The lowest BCUT2D eigenvalue weighted by atomic mass is 10.8. The van der Waals surface area contributed by atoms with Crippen molar-refractivity contribution in [3.05, 3.63) is 0 Å². The lowest BCUT2D eigenvalue weighted by Crippen LogP contribution is -2.27. The van der Waals surface area contributed by atoms with Crippen LogP contribution < -0.4 is 0 Å². The molecule has 0 bridgehead atoms. The second kappa shape index (κ2) is 35.0. The zero-order chi connectivity index (χ0) is 18.0. The minimum absolute atomic E-state index is 0. The van der Waals surface area contributed by atoms with Crippen molar-refractivity contribution in [2.24, 2.45) is 0 Å². The maximum absolute atomic E-state index is 2.12. The summed E-state index contributed by atoms with van der Waals surface area (Å²) in [6.07, 6.45) is 0. The van der Waals surface area contributed by atoms with Crippen molar-refractivity contribution in [1.29, 1.82) is 0 Å². The molecule has 0 saturated heterocycles. The maximum atomic E-state index is 2.12. The number of quaternary nitrogens is 4. The standard InChI is InChI=1S/4C4H12N.9H2O/c4*1-5(2,3)4;;;;;;;;;/h4*1-4H3;9*1H2/q4*+1;;;;;;;;;/p-4. The second-order valence-corrected chi connectivity index (χ2v) is 10.7. The quantitative estimate of drug-likeness (QED) is 0.336. The Morgan fingerprint density at radius 1 is 0.207 bits per heavy atom. The molecule has 0 heterocycles. The van der Waals surface area contributed by atoms with Gasteiger partial charge in [0.2, 0.25) is 0 Å². The molecule has 0 spiro atoms. The molecule has 200 valence electrons. The summed E-state index contributed by atoms with van der Waals surface area (Å²) in [6.45, 7) is 0. The van der Waals surface area contributed by atoms with Crippen molar-refractivity contribution in [2.45, 2.75) is 0 Å². The van der Waals surface area contributed by atoms with E-state index in [1.165, 1.54) is 0 Å². The van der Waals surface area contributed by atoms with E-state index in [2.05, 4.69) is 113 Å². The highest BCUT2D eigenvalue weighted by atomic mass is 16.0. The van der Waals surface area contributed by atoms with Crippen LogP contribution >= 0.6 is 0 Å². The summed E-state index contributed by atoms with van der Waals surface area (Å²) < 4.78 is 4.00. The van der Waals surface area contributed by atoms with Gasteiger partial charge in [0.05, 0.1) is 113 Å². The van der Waals surface area contributed by atoms with Gasteiger partial charge < -0.3 is 67.2 Å². The van der Waals surface area contributed by atoms with Gasteiger partial charge in [0, 0.05) is 0 Å². The Hall–Kier alpha value is -0.520. The first-order valence-electron chi connectivity index (χ1n) is 7.16. The predicted octanol–water partition coefficient (Wildman–Crippen LogP) is -3.54. The topological polar surface area (TPSA) is 278 Å². The van der Waals surface area contributed by atoms with Crippen LogP contribution in [0.1, 0.15) is 0 Å². The summed E-state index contributed by atoms with van der Waals surface area (Å²) in [7, 11) is 34.0. The number of hydrogen-bond donors (Lipinski definition) is 0. The minimum Gasteiger partial charge on any atom is -0.870 e. The molecule has 0 saturated carbocycles. The van der Waals surface area contributed by atoms with Gasteiger partial charge in [-0.1, -0.05) is 0 Å². The zero-order valence-electron chi connectivity index (χ0n) is 22.1. The molecule has 0 aromatic rings. The van der Waals surface area contributed by atoms with Crippen LogP contribution in [0.3, 0.4) is 0 Å². The van der Waals surface area contributed by atoms with Crippen molar-refractivity contribution in [1.82, 2.24) is 0 Å². The lowest BCUT2D eigenvalue weighted by molar-refractivity contribution is -0.849. The molecule has 0 aliphatic rings. The summed E-state index contributed by atoms with van der Waals surface area (Å²) in [5.74, 6) is 0. The molecular formula is C16H62N4O9. The van der Waals surface area contributed by atoms with Crippen molar-refractivity contribution in [3.63, 3.8) is 0 Å². The van der Waals surface area contributed by atoms with E-state index in [1.807, 2.05) is 0 Å². The van der Waals surface area contributed by atoms with Crippen molar-refractivity contribution in [2.75, 3.05) is 113 Å². The third kappa shape index (κ3) is 66000. The number of nitrogens with zero attached hydrogens (tertiary/aromatic N) is 4. The molecule has 0 rings (SSSR count). The van der Waals surface area contributed by atoms with E-state index in [0.29, 0.717) is 0 Å². The van der Waals surface area contributed by atoms with Gasteiger partial charge in [0.1, 0.15) is 0 Å². The third-order valence-corrected chi connectivity index (χ3v) is 0. The largest absolute Gasteiger partial charge is 0.870 e. The van der Waals surface area contributed by atoms with Crippen LogP contribution in [0.4, 0.5) is 0 Å². The molecule has 0 amide bonds. The van der Waals surface area contributed by atoms with E-state index in [9.17, 15) is 0 Å². The summed E-state index contributed by atoms with van der Waals surface area (Å²) in [5.41, 5.74) is 0. The van der Waals surface area contributed by atoms with Gasteiger partial charge in [-0.15, -0.1) is 0 Å². The maximum Gasteiger partial charge on any atom is 0.0675 e. The molecule has 0 aromatic heterocycles. The van der Waals surface area contributed by atoms with Gasteiger partial charge in [-0.25, -0.2) is 0 Å². The van der Waals surface area contributed by atoms with E-state index >= 15 is 0 Å². The third-order valence-electron chi connectivity index (χ3n) is 0. The summed E-state index contributed by atoms with van der Waals surface area (Å²) in [4.78, 5) is 0. The van der Waals surface area contributed by atoms with Crippen molar-refractivity contribution < 1.29 is 67.2 Å². The van der Waals surface area contributed by atoms with E-state index in [-0.39, 0.29) is 49.3 Å². The molecule has 29 heavy (non-hydrogen) atoms. The highest BCUT2D eigenvalue weighted by Gasteiger charge is 1.89. The predicted molar refractivity (Wildman–Crippen MR) is 122 cm³/mol. The van der Waals surface area contributed by atoms with E-state index < -0.39 is 0 Å². The van der Waals surface area contributed by atoms with Gasteiger partial charge in [0.15, 0.2) is 0 Å². The molecule has 0 atom stereocenters. The Balaban J connectivity index is -0.00000000970. The first-order chi connectivity index (χ1) is 8.00. The van der Waals surface area contributed by atoms with Crippen molar-refractivity contribution >= 4 is 0 Å². The summed E-state index contributed by atoms with van der Waals surface area (Å²) in [5, 5.41) is 0. The Labute approximate surface area is 180 Å². The fourth-order valence-electron chi connectivity index (χ4n) is 0. The fourth-order valence-corrected chi connectivity index (χ4v) is 0. The molecule has 0 aromatic carbocycles. The van der Waals surface area contributed by atoms with Crippen LogP contribution in [0.15, 0.2) is 0 Å². The highest BCUT2D eigenvalue weighted by molar-refractivity contribution is 3.88. The second-order valence-electron chi connectivity index (χ2n) is 10.7. The monoisotopic (exact) mass is 454 g/mol. The average molecular weight is 455 g/mol. The molecule has 14 N–H and O–H groups in total. The molecule has 0 aliphatic carbocycles. The van der Waals surface area contributed by atoms with Gasteiger partial charge >= 0.3 is 0 Å². The van der Waals surface area contributed by atoms with E-state index in [4.69, 9.17) is 0 Å². The Morgan fingerprint density at radius 3 is 0.207 bits per heavy atom. The molecule has 13 nitrogen and oxygen atoms in total. The Bertz CT molecular complexity index is 150. The molecule has 0 radical (unpaired) electrons. The van der Waals surface area contributed by atoms with Gasteiger partial charge in [-0.05, 0) is 0 Å². The zero-order valence-corrected chi connectivity index (χ0v) is 22.1. The van der Waals surface area contributed by atoms with Crippen LogP contribution in [-0.2, 0) is 0 Å². The van der Waals surface area contributed by atoms with Gasteiger partial charge in [0.25, 0.3) is 0 Å². The molecule has 0 aliphatic heterocycles. The summed E-state index contributed by atoms with van der Waals surface area (Å²) >= 11 is 0. The number of rotatable bonds is 0. The van der Waals surface area contributed by atoms with Gasteiger partial charge in [-0.2, -0.15) is 0 Å².